The Balaban J connectivity index is 1.92. The van der Waals surface area contributed by atoms with Gasteiger partial charge in [-0.25, -0.2) is 4.98 Å². The molecule has 0 fully saturated rings. The van der Waals surface area contributed by atoms with Gasteiger partial charge in [0, 0.05) is 17.2 Å². The summed E-state index contributed by atoms with van der Waals surface area (Å²) in [5.74, 6) is 1.57. The molecule has 0 unspecified atom stereocenters. The predicted octanol–water partition coefficient (Wildman–Crippen LogP) is 5.28. The summed E-state index contributed by atoms with van der Waals surface area (Å²) in [6, 6.07) is 19.8. The van der Waals surface area contributed by atoms with Crippen LogP contribution < -0.4 is 14.2 Å². The molecule has 0 aliphatic carbocycles. The molecule has 0 N–H and O–H groups in total. The molecular formula is C25H21NO5. The number of carbonyl (C=O) groups is 1. The summed E-state index contributed by atoms with van der Waals surface area (Å²) in [6.07, 6.45) is 1.70. The van der Waals surface area contributed by atoms with Crippen LogP contribution in [0.4, 0.5) is 0 Å². The molecule has 6 heteroatoms. The van der Waals surface area contributed by atoms with Gasteiger partial charge in [0.1, 0.15) is 11.3 Å². The van der Waals surface area contributed by atoms with E-state index >= 15 is 0 Å². The molecule has 0 spiro atoms. The Kier molecular flexibility index (Phi) is 5.71. The van der Waals surface area contributed by atoms with Crippen LogP contribution >= 0.6 is 0 Å². The van der Waals surface area contributed by atoms with Crippen LogP contribution in [0, 0.1) is 0 Å². The minimum Gasteiger partial charge on any atom is -0.496 e. The molecular weight excluding hydrogens is 394 g/mol. The number of hydrogen-bond donors (Lipinski definition) is 0. The van der Waals surface area contributed by atoms with Gasteiger partial charge < -0.3 is 18.6 Å². The fourth-order valence-electron chi connectivity index (χ4n) is 3.28. The highest BCUT2D eigenvalue weighted by molar-refractivity contribution is 6.31. The quantitative estimate of drug-likeness (QED) is 0.302. The van der Waals surface area contributed by atoms with E-state index in [0.717, 1.165) is 0 Å². The molecule has 3 aromatic carbocycles. The molecule has 0 atom stereocenters. The maximum absolute atomic E-state index is 13.4. The Bertz CT molecular complexity index is 1220. The van der Waals surface area contributed by atoms with Gasteiger partial charge in [-0.3, -0.25) is 4.79 Å². The Morgan fingerprint density at radius 1 is 0.839 bits per heavy atom. The minimum absolute atomic E-state index is 0.219. The van der Waals surface area contributed by atoms with Crippen molar-refractivity contribution in [1.29, 1.82) is 0 Å². The van der Waals surface area contributed by atoms with Crippen LogP contribution in [0.5, 0.6) is 17.2 Å². The number of methoxy groups -OCH3 is 3. The van der Waals surface area contributed by atoms with E-state index in [-0.39, 0.29) is 11.7 Å². The molecule has 0 amide bonds. The number of rotatable bonds is 7. The fourth-order valence-corrected chi connectivity index (χ4v) is 3.28. The summed E-state index contributed by atoms with van der Waals surface area (Å²) in [4.78, 5) is 18.0. The molecule has 6 nitrogen and oxygen atoms in total. The first kappa shape index (κ1) is 20.2. The van der Waals surface area contributed by atoms with Crippen LogP contribution in [0.25, 0.3) is 22.7 Å². The van der Waals surface area contributed by atoms with Crippen LogP contribution in [0.15, 0.2) is 71.1 Å². The molecule has 31 heavy (non-hydrogen) atoms. The highest BCUT2D eigenvalue weighted by Crippen LogP contribution is 2.37. The molecule has 1 heterocycles. The smallest absolute Gasteiger partial charge is 0.231 e. The number of ether oxygens (including phenoxy) is 3. The number of fused-ring (bicyclic) bond motifs is 1. The summed E-state index contributed by atoms with van der Waals surface area (Å²) in [7, 11) is 4.65. The van der Waals surface area contributed by atoms with Crippen LogP contribution in [0.2, 0.25) is 0 Å². The monoisotopic (exact) mass is 415 g/mol. The number of allylic oxidation sites excluding steroid dienone is 1. The van der Waals surface area contributed by atoms with Crippen molar-refractivity contribution >= 4 is 28.5 Å². The maximum atomic E-state index is 13.4. The number of oxazole rings is 1. The van der Waals surface area contributed by atoms with Crippen LogP contribution in [0.1, 0.15) is 21.8 Å². The van der Waals surface area contributed by atoms with Crippen molar-refractivity contribution < 1.29 is 23.4 Å². The molecule has 4 aromatic rings. The van der Waals surface area contributed by atoms with E-state index in [4.69, 9.17) is 18.6 Å². The van der Waals surface area contributed by atoms with Gasteiger partial charge in [0.15, 0.2) is 22.9 Å². The molecule has 1 aromatic heterocycles. The number of carbonyl (C=O) groups excluding carboxylic acids is 1. The lowest BCUT2D eigenvalue weighted by molar-refractivity contribution is 0.105. The van der Waals surface area contributed by atoms with Crippen LogP contribution in [0.3, 0.4) is 0 Å². The van der Waals surface area contributed by atoms with Crippen molar-refractivity contribution in [3.63, 3.8) is 0 Å². The first-order chi connectivity index (χ1) is 15.1. The number of para-hydroxylation sites is 2. The normalized spacial score (nSPS) is 11.4. The van der Waals surface area contributed by atoms with E-state index in [2.05, 4.69) is 4.98 Å². The lowest BCUT2D eigenvalue weighted by atomic mass is 10.00. The Labute approximate surface area is 179 Å². The first-order valence-electron chi connectivity index (χ1n) is 9.62. The molecule has 0 saturated carbocycles. The number of Topliss-reactive ketones (excluding diaryl/α,β-unsaturated/α-hetero) is 1. The zero-order valence-electron chi connectivity index (χ0n) is 17.4. The Morgan fingerprint density at radius 2 is 1.48 bits per heavy atom. The number of benzene rings is 3. The van der Waals surface area contributed by atoms with Gasteiger partial charge in [-0.05, 0) is 24.3 Å². The topological polar surface area (TPSA) is 70.8 Å². The van der Waals surface area contributed by atoms with Crippen LogP contribution in [-0.4, -0.2) is 32.1 Å². The Morgan fingerprint density at radius 3 is 2.16 bits per heavy atom. The third kappa shape index (κ3) is 4.00. The van der Waals surface area contributed by atoms with E-state index in [1.54, 1.807) is 51.7 Å². The lowest BCUT2D eigenvalue weighted by Crippen LogP contribution is -2.03. The van der Waals surface area contributed by atoms with E-state index in [1.165, 1.54) is 0 Å². The van der Waals surface area contributed by atoms with Gasteiger partial charge in [-0.2, -0.15) is 0 Å². The molecule has 156 valence electrons. The maximum Gasteiger partial charge on any atom is 0.231 e. The average Bonchev–Trinajstić information content (AvgIpc) is 3.26. The van der Waals surface area contributed by atoms with Gasteiger partial charge in [-0.1, -0.05) is 42.5 Å². The second-order valence-corrected chi connectivity index (χ2v) is 6.69. The van der Waals surface area contributed by atoms with Crippen molar-refractivity contribution in [3.8, 4) is 17.2 Å². The van der Waals surface area contributed by atoms with E-state index in [9.17, 15) is 4.79 Å². The minimum atomic E-state index is -0.219. The summed E-state index contributed by atoms with van der Waals surface area (Å²) < 4.78 is 22.2. The van der Waals surface area contributed by atoms with Gasteiger partial charge in [0.2, 0.25) is 5.89 Å². The zero-order valence-corrected chi connectivity index (χ0v) is 17.4. The second-order valence-electron chi connectivity index (χ2n) is 6.69. The average molecular weight is 415 g/mol. The molecule has 0 aliphatic rings. The van der Waals surface area contributed by atoms with E-state index in [1.807, 2.05) is 42.5 Å². The second kappa shape index (κ2) is 8.75. The first-order valence-corrected chi connectivity index (χ1v) is 9.62. The highest BCUT2D eigenvalue weighted by Gasteiger charge is 2.21. The summed E-state index contributed by atoms with van der Waals surface area (Å²) in [5.41, 5.74) is 2.72. The van der Waals surface area contributed by atoms with Crippen molar-refractivity contribution in [1.82, 2.24) is 4.98 Å². The van der Waals surface area contributed by atoms with Crippen molar-refractivity contribution in [2.24, 2.45) is 0 Å². The largest absolute Gasteiger partial charge is 0.496 e. The summed E-state index contributed by atoms with van der Waals surface area (Å²) >= 11 is 0. The molecule has 0 saturated heterocycles. The Hall–Kier alpha value is -4.06. The summed E-state index contributed by atoms with van der Waals surface area (Å²) in [5, 5.41) is 0. The highest BCUT2D eigenvalue weighted by atomic mass is 16.5. The van der Waals surface area contributed by atoms with Crippen LogP contribution in [-0.2, 0) is 0 Å². The number of aromatic nitrogens is 1. The summed E-state index contributed by atoms with van der Waals surface area (Å²) in [6.45, 7) is 0. The van der Waals surface area contributed by atoms with E-state index < -0.39 is 0 Å². The van der Waals surface area contributed by atoms with Gasteiger partial charge in [0.25, 0.3) is 0 Å². The standard InChI is InChI=1S/C25H21NO5/c1-28-21-15-23(30-3)22(29-2)14-17(21)13-18(24(27)16-9-5-4-6-10-16)25-26-19-11-7-8-12-20(19)31-25/h4-15H,1-3H3/b18-13+. The third-order valence-electron chi connectivity index (χ3n) is 4.84. The predicted molar refractivity (Wildman–Crippen MR) is 119 cm³/mol. The number of ketones is 1. The SMILES string of the molecule is COc1cc(OC)c(OC)cc1/C=C(\C(=O)c1ccccc1)c1nc2ccccc2o1. The molecule has 0 aliphatic heterocycles. The van der Waals surface area contributed by atoms with Gasteiger partial charge >= 0.3 is 0 Å². The van der Waals surface area contributed by atoms with Crippen molar-refractivity contribution in [2.75, 3.05) is 21.3 Å². The molecule has 4 rings (SSSR count). The lowest BCUT2D eigenvalue weighted by Gasteiger charge is -2.13. The fraction of sp³-hybridized carbons (Fsp3) is 0.120. The number of hydrogen-bond acceptors (Lipinski definition) is 6. The van der Waals surface area contributed by atoms with Crippen molar-refractivity contribution in [2.45, 2.75) is 0 Å². The number of nitrogens with zero attached hydrogens (tertiary/aromatic N) is 1. The molecule has 0 radical (unpaired) electrons. The third-order valence-corrected chi connectivity index (χ3v) is 4.84. The van der Waals surface area contributed by atoms with Gasteiger partial charge in [0.05, 0.1) is 26.9 Å². The zero-order chi connectivity index (χ0) is 21.8. The van der Waals surface area contributed by atoms with Gasteiger partial charge in [-0.15, -0.1) is 0 Å². The van der Waals surface area contributed by atoms with Crippen molar-refractivity contribution in [3.05, 3.63) is 83.7 Å². The van der Waals surface area contributed by atoms with E-state index in [0.29, 0.717) is 45.0 Å². The molecule has 0 bridgehead atoms.